The average molecular weight is 504 g/mol. The molecule has 4 heterocycles. The molecule has 0 amide bonds. The van der Waals surface area contributed by atoms with Gasteiger partial charge in [-0.25, -0.2) is 15.0 Å². The van der Waals surface area contributed by atoms with Crippen molar-refractivity contribution in [1.29, 1.82) is 0 Å². The number of carboxylic acid groups (broad SMARTS) is 1. The van der Waals surface area contributed by atoms with Crippen LogP contribution in [-0.2, 0) is 4.79 Å². The third kappa shape index (κ3) is 3.92. The number of thiophene rings is 1. The van der Waals surface area contributed by atoms with Crippen LogP contribution >= 0.6 is 22.9 Å². The summed E-state index contributed by atoms with van der Waals surface area (Å²) in [6.07, 6.45) is 6.52. The van der Waals surface area contributed by atoms with Crippen molar-refractivity contribution in [1.82, 2.24) is 19.4 Å². The number of carbonyl (C=O) groups is 1. The van der Waals surface area contributed by atoms with Crippen LogP contribution in [0.3, 0.4) is 0 Å². The summed E-state index contributed by atoms with van der Waals surface area (Å²) in [6, 6.07) is 12.0. The van der Waals surface area contributed by atoms with E-state index in [1.54, 1.807) is 17.5 Å². The fourth-order valence-electron chi connectivity index (χ4n) is 4.97. The van der Waals surface area contributed by atoms with Gasteiger partial charge in [0.25, 0.3) is 0 Å². The zero-order valence-electron chi connectivity index (χ0n) is 18.7. The van der Waals surface area contributed by atoms with Gasteiger partial charge in [0, 0.05) is 23.1 Å². The molecule has 0 bridgehead atoms. The van der Waals surface area contributed by atoms with Crippen LogP contribution in [0.5, 0.6) is 0 Å². The van der Waals surface area contributed by atoms with E-state index in [-0.39, 0.29) is 11.8 Å². The van der Waals surface area contributed by atoms with E-state index in [0.29, 0.717) is 29.4 Å². The summed E-state index contributed by atoms with van der Waals surface area (Å²) in [4.78, 5) is 26.6. The number of rotatable bonds is 4. The SMILES string of the molecule is Nc1nc(-c2cc3nc(-c4cccs4)ccc3cc2Cl)cn2c(C3CCC(C(=O)O)CC3)ncc12. The zero-order chi connectivity index (χ0) is 24.1. The molecule has 6 rings (SSSR count). The van der Waals surface area contributed by atoms with Crippen molar-refractivity contribution < 1.29 is 9.90 Å². The predicted molar refractivity (Wildman–Crippen MR) is 139 cm³/mol. The molecule has 3 N–H and O–H groups in total. The lowest BCUT2D eigenvalue weighted by Crippen LogP contribution is -2.21. The molecule has 7 nitrogen and oxygen atoms in total. The van der Waals surface area contributed by atoms with E-state index in [1.807, 2.05) is 46.3 Å². The van der Waals surface area contributed by atoms with Crippen LogP contribution in [0.1, 0.15) is 37.4 Å². The number of pyridine rings is 1. The molecule has 1 aliphatic rings. The standard InChI is InChI=1S/C26H22ClN5O2S/c27-18-10-16-7-8-19(23-2-1-9-35-23)30-20(16)11-17(18)21-13-32-22(24(28)31-21)12-29-25(32)14-3-5-15(6-4-14)26(33)34/h1-2,7-15H,3-6H2,(H2,28,31)(H,33,34). The second-order valence-electron chi connectivity index (χ2n) is 8.97. The molecule has 1 fully saturated rings. The summed E-state index contributed by atoms with van der Waals surface area (Å²) >= 11 is 8.35. The van der Waals surface area contributed by atoms with Gasteiger partial charge >= 0.3 is 5.97 Å². The molecule has 0 radical (unpaired) electrons. The number of halogens is 1. The molecule has 9 heteroatoms. The molecule has 0 unspecified atom stereocenters. The van der Waals surface area contributed by atoms with Gasteiger partial charge in [-0.1, -0.05) is 23.7 Å². The smallest absolute Gasteiger partial charge is 0.306 e. The quantitative estimate of drug-likeness (QED) is 0.299. The highest BCUT2D eigenvalue weighted by molar-refractivity contribution is 7.13. The fraction of sp³-hybridized carbons (Fsp3) is 0.231. The van der Waals surface area contributed by atoms with Gasteiger partial charge in [-0.2, -0.15) is 0 Å². The van der Waals surface area contributed by atoms with E-state index in [1.165, 1.54) is 0 Å². The van der Waals surface area contributed by atoms with Gasteiger partial charge in [0.05, 0.1) is 38.9 Å². The molecule has 5 aromatic rings. The van der Waals surface area contributed by atoms with Crippen molar-refractivity contribution in [2.45, 2.75) is 31.6 Å². The van der Waals surface area contributed by atoms with Gasteiger partial charge in [-0.15, -0.1) is 11.3 Å². The van der Waals surface area contributed by atoms with Gasteiger partial charge in [-0.3, -0.25) is 9.20 Å². The number of hydrogen-bond donors (Lipinski definition) is 2. The number of anilines is 1. The van der Waals surface area contributed by atoms with Crippen LogP contribution in [0.15, 0.2) is 54.2 Å². The first-order valence-electron chi connectivity index (χ1n) is 11.5. The number of carboxylic acids is 1. The second-order valence-corrected chi connectivity index (χ2v) is 10.3. The highest BCUT2D eigenvalue weighted by Gasteiger charge is 2.29. The minimum atomic E-state index is -0.714. The Morgan fingerprint density at radius 1 is 1.11 bits per heavy atom. The van der Waals surface area contributed by atoms with Crippen LogP contribution < -0.4 is 5.73 Å². The highest BCUT2D eigenvalue weighted by atomic mass is 35.5. The number of nitrogen functional groups attached to an aromatic ring is 1. The van der Waals surface area contributed by atoms with E-state index in [4.69, 9.17) is 22.3 Å². The molecule has 0 atom stereocenters. The maximum absolute atomic E-state index is 11.4. The number of nitrogens with zero attached hydrogens (tertiary/aromatic N) is 4. The Kier molecular flexibility index (Phi) is 5.42. The van der Waals surface area contributed by atoms with Crippen molar-refractivity contribution in [2.75, 3.05) is 5.73 Å². The Balaban J connectivity index is 1.42. The molecule has 0 saturated heterocycles. The van der Waals surface area contributed by atoms with Gasteiger partial charge in [0.2, 0.25) is 0 Å². The second kappa shape index (κ2) is 8.62. The van der Waals surface area contributed by atoms with E-state index in [9.17, 15) is 9.90 Å². The summed E-state index contributed by atoms with van der Waals surface area (Å²) in [7, 11) is 0. The normalized spacial score (nSPS) is 18.3. The minimum Gasteiger partial charge on any atom is -0.481 e. The lowest BCUT2D eigenvalue weighted by atomic mass is 9.81. The molecule has 176 valence electrons. The maximum atomic E-state index is 11.4. The number of imidazole rings is 1. The van der Waals surface area contributed by atoms with Crippen LogP contribution in [0.25, 0.3) is 38.2 Å². The number of aromatic nitrogens is 4. The Bertz CT molecular complexity index is 1570. The molecular formula is C26H22ClN5O2S. The van der Waals surface area contributed by atoms with Gasteiger partial charge < -0.3 is 10.8 Å². The summed E-state index contributed by atoms with van der Waals surface area (Å²) in [5, 5.41) is 12.9. The van der Waals surface area contributed by atoms with Crippen LogP contribution in [0, 0.1) is 5.92 Å². The molecule has 4 aromatic heterocycles. The monoisotopic (exact) mass is 503 g/mol. The number of aliphatic carboxylic acids is 1. The van der Waals surface area contributed by atoms with E-state index in [2.05, 4.69) is 16.0 Å². The van der Waals surface area contributed by atoms with Gasteiger partial charge in [0.1, 0.15) is 17.2 Å². The Hall–Kier alpha value is -3.49. The molecule has 35 heavy (non-hydrogen) atoms. The first kappa shape index (κ1) is 22.0. The van der Waals surface area contributed by atoms with Crippen molar-refractivity contribution >= 4 is 51.1 Å². The zero-order valence-corrected chi connectivity index (χ0v) is 20.3. The maximum Gasteiger partial charge on any atom is 0.306 e. The summed E-state index contributed by atoms with van der Waals surface area (Å²) in [5.74, 6) is 0.438. The lowest BCUT2D eigenvalue weighted by molar-refractivity contribution is -0.142. The predicted octanol–water partition coefficient (Wildman–Crippen LogP) is 6.27. The Morgan fingerprint density at radius 3 is 2.69 bits per heavy atom. The van der Waals surface area contributed by atoms with Gasteiger partial charge in [0.15, 0.2) is 0 Å². The summed E-state index contributed by atoms with van der Waals surface area (Å²) in [6.45, 7) is 0. The molecule has 1 aliphatic carbocycles. The number of hydrogen-bond acceptors (Lipinski definition) is 6. The molecule has 1 aromatic carbocycles. The molecule has 0 spiro atoms. The topological polar surface area (TPSA) is 106 Å². The summed E-state index contributed by atoms with van der Waals surface area (Å²) < 4.78 is 1.99. The van der Waals surface area contributed by atoms with Crippen molar-refractivity contribution in [2.24, 2.45) is 5.92 Å². The first-order valence-corrected chi connectivity index (χ1v) is 12.7. The van der Waals surface area contributed by atoms with Crippen LogP contribution in [0.4, 0.5) is 5.82 Å². The van der Waals surface area contributed by atoms with Crippen molar-refractivity contribution in [3.05, 3.63) is 65.0 Å². The minimum absolute atomic E-state index is 0.171. The average Bonchev–Trinajstić information content (AvgIpc) is 3.54. The molecular weight excluding hydrogens is 482 g/mol. The van der Waals surface area contributed by atoms with Gasteiger partial charge in [-0.05, 0) is 55.3 Å². The number of benzene rings is 1. The van der Waals surface area contributed by atoms with E-state index in [0.717, 1.165) is 51.2 Å². The summed E-state index contributed by atoms with van der Waals surface area (Å²) in [5.41, 5.74) is 10.2. The number of nitrogens with two attached hydrogens (primary N) is 1. The third-order valence-electron chi connectivity index (χ3n) is 6.85. The van der Waals surface area contributed by atoms with Crippen molar-refractivity contribution in [3.63, 3.8) is 0 Å². The Morgan fingerprint density at radius 2 is 1.94 bits per heavy atom. The molecule has 0 aliphatic heterocycles. The first-order chi connectivity index (χ1) is 17.0. The Labute approximate surface area is 210 Å². The van der Waals surface area contributed by atoms with E-state index < -0.39 is 5.97 Å². The molecule has 1 saturated carbocycles. The lowest BCUT2D eigenvalue weighted by Gasteiger charge is -2.25. The third-order valence-corrected chi connectivity index (χ3v) is 8.05. The van der Waals surface area contributed by atoms with Crippen molar-refractivity contribution in [3.8, 4) is 21.8 Å². The number of fused-ring (bicyclic) bond motifs is 2. The van der Waals surface area contributed by atoms with Crippen LogP contribution in [-0.4, -0.2) is 30.4 Å². The fourth-order valence-corrected chi connectivity index (χ4v) is 5.93. The largest absolute Gasteiger partial charge is 0.481 e. The van der Waals surface area contributed by atoms with Crippen LogP contribution in [0.2, 0.25) is 5.02 Å². The highest BCUT2D eigenvalue weighted by Crippen LogP contribution is 2.38. The van der Waals surface area contributed by atoms with E-state index >= 15 is 0 Å².